The lowest BCUT2D eigenvalue weighted by Gasteiger charge is -2.34. The van der Waals surface area contributed by atoms with Crippen LogP contribution >= 0.6 is 0 Å². The molecule has 0 bridgehead atoms. The Labute approximate surface area is 169 Å². The summed E-state index contributed by atoms with van der Waals surface area (Å²) in [5.41, 5.74) is 0.768. The maximum Gasteiger partial charge on any atom is 0.323 e. The highest BCUT2D eigenvalue weighted by Gasteiger charge is 2.28. The molecule has 1 fully saturated rings. The third-order valence-electron chi connectivity index (χ3n) is 5.38. The second-order valence-corrected chi connectivity index (χ2v) is 9.30. The molecule has 3 aromatic rings. The van der Waals surface area contributed by atoms with Gasteiger partial charge in [0, 0.05) is 45.1 Å². The number of rotatable bonds is 8. The minimum absolute atomic E-state index is 0.215. The van der Waals surface area contributed by atoms with Gasteiger partial charge in [0.2, 0.25) is 10.0 Å². The van der Waals surface area contributed by atoms with E-state index in [0.29, 0.717) is 24.1 Å². The number of aryl methyl sites for hydroxylation is 1. The first-order chi connectivity index (χ1) is 14.0. The Bertz CT molecular complexity index is 1090. The van der Waals surface area contributed by atoms with Crippen molar-refractivity contribution in [3.05, 3.63) is 47.1 Å². The number of hydrogen-bond acceptors (Lipinski definition) is 5. The summed E-state index contributed by atoms with van der Waals surface area (Å²) in [6, 6.07) is 6.63. The fraction of sp³-hybridized carbons (Fsp3) is 0.474. The standard InChI is InChI=1S/C19H26N6O3S/c26-19-21-17-6-5-16(15-18(17)22-19)29(27,28)25-13-11-23(12-14-25)8-2-1-3-9-24-10-4-7-20-24/h4-7,10,15H,1-3,8-9,11-14H2,(H2,21,22,26). The molecule has 4 rings (SSSR count). The zero-order valence-corrected chi connectivity index (χ0v) is 17.1. The first-order valence-electron chi connectivity index (χ1n) is 9.94. The maximum absolute atomic E-state index is 13.0. The predicted octanol–water partition coefficient (Wildman–Crippen LogP) is 1.23. The number of sulfonamides is 1. The normalized spacial score (nSPS) is 16.6. The van der Waals surface area contributed by atoms with Crippen molar-refractivity contribution < 1.29 is 8.42 Å². The van der Waals surface area contributed by atoms with Gasteiger partial charge in [0.1, 0.15) is 0 Å². The molecule has 29 heavy (non-hydrogen) atoms. The van der Waals surface area contributed by atoms with Gasteiger partial charge in [0.15, 0.2) is 0 Å². The van der Waals surface area contributed by atoms with Crippen molar-refractivity contribution in [2.75, 3.05) is 32.7 Å². The number of unbranched alkanes of at least 4 members (excludes halogenated alkanes) is 2. The lowest BCUT2D eigenvalue weighted by Crippen LogP contribution is -2.48. The monoisotopic (exact) mass is 418 g/mol. The van der Waals surface area contributed by atoms with Gasteiger partial charge >= 0.3 is 5.69 Å². The van der Waals surface area contributed by atoms with Gasteiger partial charge in [-0.15, -0.1) is 0 Å². The Hall–Kier alpha value is -2.43. The Balaban J connectivity index is 1.26. The van der Waals surface area contributed by atoms with Crippen molar-refractivity contribution in [3.8, 4) is 0 Å². The topological polar surface area (TPSA) is 107 Å². The van der Waals surface area contributed by atoms with Gasteiger partial charge in [-0.1, -0.05) is 6.42 Å². The van der Waals surface area contributed by atoms with Gasteiger partial charge < -0.3 is 14.9 Å². The average molecular weight is 419 g/mol. The van der Waals surface area contributed by atoms with Crippen LogP contribution in [0.5, 0.6) is 0 Å². The molecule has 10 heteroatoms. The second kappa shape index (κ2) is 8.52. The number of benzene rings is 1. The third kappa shape index (κ3) is 4.60. The molecule has 156 valence electrons. The van der Waals surface area contributed by atoms with Crippen LogP contribution in [0, 0.1) is 0 Å². The van der Waals surface area contributed by atoms with Crippen LogP contribution in [0.15, 0.2) is 46.3 Å². The Kier molecular flexibility index (Phi) is 5.84. The van der Waals surface area contributed by atoms with Crippen LogP contribution in [0.1, 0.15) is 19.3 Å². The van der Waals surface area contributed by atoms with Crippen molar-refractivity contribution in [2.45, 2.75) is 30.7 Å². The summed E-state index contributed by atoms with van der Waals surface area (Å²) in [6.45, 7) is 4.37. The van der Waals surface area contributed by atoms with E-state index in [9.17, 15) is 13.2 Å². The fourth-order valence-electron chi connectivity index (χ4n) is 3.73. The highest BCUT2D eigenvalue weighted by atomic mass is 32.2. The van der Waals surface area contributed by atoms with Crippen LogP contribution in [0.3, 0.4) is 0 Å². The van der Waals surface area contributed by atoms with E-state index in [4.69, 9.17) is 0 Å². The van der Waals surface area contributed by atoms with Crippen LogP contribution in [0.25, 0.3) is 11.0 Å². The number of nitrogens with one attached hydrogen (secondary N) is 2. The molecule has 0 unspecified atom stereocenters. The Morgan fingerprint density at radius 3 is 2.48 bits per heavy atom. The molecule has 1 aromatic carbocycles. The molecule has 0 radical (unpaired) electrons. The molecule has 0 spiro atoms. The molecule has 1 saturated heterocycles. The Morgan fingerprint density at radius 1 is 0.966 bits per heavy atom. The summed E-state index contributed by atoms with van der Waals surface area (Å²) in [6.07, 6.45) is 7.10. The number of imidazole rings is 1. The van der Waals surface area contributed by atoms with Crippen molar-refractivity contribution in [1.29, 1.82) is 0 Å². The van der Waals surface area contributed by atoms with E-state index in [2.05, 4.69) is 20.0 Å². The molecule has 2 aromatic heterocycles. The van der Waals surface area contributed by atoms with E-state index < -0.39 is 10.0 Å². The van der Waals surface area contributed by atoms with Crippen molar-refractivity contribution in [2.24, 2.45) is 0 Å². The number of aromatic nitrogens is 4. The summed E-state index contributed by atoms with van der Waals surface area (Å²) in [5, 5.41) is 4.20. The SMILES string of the molecule is O=c1[nH]c2ccc(S(=O)(=O)N3CCN(CCCCCn4cccn4)CC3)cc2[nH]1. The molecule has 0 atom stereocenters. The van der Waals surface area contributed by atoms with Crippen LogP contribution in [-0.4, -0.2) is 70.1 Å². The summed E-state index contributed by atoms with van der Waals surface area (Å²) in [5.74, 6) is 0. The lowest BCUT2D eigenvalue weighted by atomic mass is 10.2. The van der Waals surface area contributed by atoms with Crippen LogP contribution in [0.2, 0.25) is 0 Å². The van der Waals surface area contributed by atoms with Crippen LogP contribution in [-0.2, 0) is 16.6 Å². The van der Waals surface area contributed by atoms with E-state index in [1.54, 1.807) is 18.3 Å². The van der Waals surface area contributed by atoms with Gasteiger partial charge in [-0.25, -0.2) is 13.2 Å². The number of aromatic amines is 2. The smallest absolute Gasteiger partial charge is 0.306 e. The largest absolute Gasteiger partial charge is 0.323 e. The van der Waals surface area contributed by atoms with Gasteiger partial charge in [-0.05, 0) is 43.7 Å². The lowest BCUT2D eigenvalue weighted by molar-refractivity contribution is 0.185. The van der Waals surface area contributed by atoms with Gasteiger partial charge in [-0.2, -0.15) is 9.40 Å². The number of fused-ring (bicyclic) bond motifs is 1. The van der Waals surface area contributed by atoms with E-state index >= 15 is 0 Å². The van der Waals surface area contributed by atoms with Gasteiger partial charge in [0.25, 0.3) is 0 Å². The molecular weight excluding hydrogens is 392 g/mol. The van der Waals surface area contributed by atoms with Crippen LogP contribution < -0.4 is 5.69 Å². The number of H-pyrrole nitrogens is 2. The van der Waals surface area contributed by atoms with E-state index in [0.717, 1.165) is 45.4 Å². The minimum atomic E-state index is -3.56. The fourth-order valence-corrected chi connectivity index (χ4v) is 5.18. The van der Waals surface area contributed by atoms with E-state index in [-0.39, 0.29) is 10.6 Å². The molecule has 0 aliphatic carbocycles. The van der Waals surface area contributed by atoms with Crippen molar-refractivity contribution >= 4 is 21.1 Å². The van der Waals surface area contributed by atoms with Crippen LogP contribution in [0.4, 0.5) is 0 Å². The van der Waals surface area contributed by atoms with E-state index in [1.165, 1.54) is 10.4 Å². The summed E-state index contributed by atoms with van der Waals surface area (Å²) in [7, 11) is -3.56. The first kappa shape index (κ1) is 19.9. The van der Waals surface area contributed by atoms with Crippen molar-refractivity contribution in [3.63, 3.8) is 0 Å². The molecule has 3 heterocycles. The second-order valence-electron chi connectivity index (χ2n) is 7.36. The molecule has 0 saturated carbocycles. The highest BCUT2D eigenvalue weighted by Crippen LogP contribution is 2.20. The van der Waals surface area contributed by atoms with Gasteiger partial charge in [-0.3, -0.25) is 4.68 Å². The van der Waals surface area contributed by atoms with E-state index in [1.807, 2.05) is 16.9 Å². The molecule has 1 aliphatic rings. The third-order valence-corrected chi connectivity index (χ3v) is 7.27. The van der Waals surface area contributed by atoms with Crippen molar-refractivity contribution in [1.82, 2.24) is 29.0 Å². The molecular formula is C19H26N6O3S. The summed E-state index contributed by atoms with van der Waals surface area (Å²) in [4.78, 5) is 19.2. The number of piperazine rings is 1. The number of hydrogen-bond donors (Lipinski definition) is 2. The first-order valence-corrected chi connectivity index (χ1v) is 11.4. The molecule has 0 amide bonds. The molecule has 2 N–H and O–H groups in total. The predicted molar refractivity (Wildman–Crippen MR) is 110 cm³/mol. The minimum Gasteiger partial charge on any atom is -0.306 e. The maximum atomic E-state index is 13.0. The zero-order valence-electron chi connectivity index (χ0n) is 16.2. The average Bonchev–Trinajstić information content (AvgIpc) is 3.36. The molecule has 9 nitrogen and oxygen atoms in total. The Morgan fingerprint density at radius 2 is 1.72 bits per heavy atom. The summed E-state index contributed by atoms with van der Waals surface area (Å²) < 4.78 is 29.4. The highest BCUT2D eigenvalue weighted by molar-refractivity contribution is 7.89. The molecule has 1 aliphatic heterocycles. The summed E-state index contributed by atoms with van der Waals surface area (Å²) >= 11 is 0. The zero-order chi connectivity index (χ0) is 20.3. The number of nitrogens with zero attached hydrogens (tertiary/aromatic N) is 4. The van der Waals surface area contributed by atoms with Gasteiger partial charge in [0.05, 0.1) is 15.9 Å². The quantitative estimate of drug-likeness (QED) is 0.535.